The van der Waals surface area contributed by atoms with Gasteiger partial charge in [-0.15, -0.1) is 0 Å². The van der Waals surface area contributed by atoms with Gasteiger partial charge in [-0.3, -0.25) is 9.79 Å². The molecule has 0 N–H and O–H groups in total. The lowest BCUT2D eigenvalue weighted by atomic mass is 10.0. The summed E-state index contributed by atoms with van der Waals surface area (Å²) in [6, 6.07) is 20.9. The number of aromatic nitrogens is 2. The van der Waals surface area contributed by atoms with Gasteiger partial charge in [0.25, 0.3) is 5.56 Å². The van der Waals surface area contributed by atoms with Gasteiger partial charge in [-0.25, -0.2) is 4.39 Å². The molecule has 5 heteroatoms. The standard InChI is InChI=1S/C22H16FN3O/c1-24-14-15-5-4-6-16(13-15)21-19-7-2-3-8-20(19)22(27)26(25-21)18-11-9-17(23)10-12-18/h2-14H,1H3. The van der Waals surface area contributed by atoms with Crippen molar-refractivity contribution in [2.24, 2.45) is 4.99 Å². The number of rotatable bonds is 3. The van der Waals surface area contributed by atoms with Crippen LogP contribution in [0.25, 0.3) is 27.7 Å². The van der Waals surface area contributed by atoms with Crippen LogP contribution >= 0.6 is 0 Å². The van der Waals surface area contributed by atoms with E-state index in [9.17, 15) is 9.18 Å². The highest BCUT2D eigenvalue weighted by Gasteiger charge is 2.13. The Morgan fingerprint density at radius 2 is 1.70 bits per heavy atom. The van der Waals surface area contributed by atoms with Gasteiger partial charge in [-0.2, -0.15) is 9.78 Å². The lowest BCUT2D eigenvalue weighted by Crippen LogP contribution is -2.22. The average Bonchev–Trinajstić information content (AvgIpc) is 2.70. The second-order valence-corrected chi connectivity index (χ2v) is 6.10. The Morgan fingerprint density at radius 3 is 2.44 bits per heavy atom. The van der Waals surface area contributed by atoms with Crippen LogP contribution in [0.3, 0.4) is 0 Å². The molecule has 4 aromatic rings. The minimum Gasteiger partial charge on any atom is -0.296 e. The molecule has 3 aromatic carbocycles. The zero-order valence-electron chi connectivity index (χ0n) is 14.6. The average molecular weight is 357 g/mol. The highest BCUT2D eigenvalue weighted by molar-refractivity contribution is 5.95. The van der Waals surface area contributed by atoms with Crippen LogP contribution in [-0.2, 0) is 0 Å². The molecule has 0 bridgehead atoms. The fourth-order valence-electron chi connectivity index (χ4n) is 3.08. The van der Waals surface area contributed by atoms with E-state index in [1.807, 2.05) is 42.5 Å². The highest BCUT2D eigenvalue weighted by Crippen LogP contribution is 2.26. The Labute approximate surface area is 155 Å². The van der Waals surface area contributed by atoms with Gasteiger partial charge in [0.15, 0.2) is 0 Å². The molecule has 4 nitrogen and oxygen atoms in total. The summed E-state index contributed by atoms with van der Waals surface area (Å²) in [6.45, 7) is 0. The van der Waals surface area contributed by atoms with Gasteiger partial charge in [0.1, 0.15) is 5.82 Å². The first-order valence-electron chi connectivity index (χ1n) is 8.48. The first kappa shape index (κ1) is 16.8. The van der Waals surface area contributed by atoms with E-state index < -0.39 is 0 Å². The number of benzene rings is 3. The molecular formula is C22H16FN3O. The van der Waals surface area contributed by atoms with E-state index in [0.29, 0.717) is 16.8 Å². The van der Waals surface area contributed by atoms with Crippen LogP contribution in [0, 0.1) is 5.82 Å². The maximum Gasteiger partial charge on any atom is 0.279 e. The molecule has 0 amide bonds. The summed E-state index contributed by atoms with van der Waals surface area (Å²) in [5.41, 5.74) is 2.77. The van der Waals surface area contributed by atoms with Crippen LogP contribution in [0.1, 0.15) is 5.56 Å². The molecule has 1 aromatic heterocycles. The maximum absolute atomic E-state index is 13.3. The summed E-state index contributed by atoms with van der Waals surface area (Å²) in [5.74, 6) is -0.362. The highest BCUT2D eigenvalue weighted by atomic mass is 19.1. The molecule has 132 valence electrons. The van der Waals surface area contributed by atoms with Gasteiger partial charge in [0, 0.05) is 24.2 Å². The maximum atomic E-state index is 13.3. The summed E-state index contributed by atoms with van der Waals surface area (Å²) in [6.07, 6.45) is 1.77. The van der Waals surface area contributed by atoms with Crippen LogP contribution in [0.5, 0.6) is 0 Å². The van der Waals surface area contributed by atoms with Gasteiger partial charge in [0.2, 0.25) is 0 Å². The second kappa shape index (κ2) is 6.96. The van der Waals surface area contributed by atoms with Gasteiger partial charge in [0.05, 0.1) is 16.8 Å². The topological polar surface area (TPSA) is 47.2 Å². The zero-order chi connectivity index (χ0) is 18.8. The Balaban J connectivity index is 2.03. The van der Waals surface area contributed by atoms with E-state index in [1.165, 1.54) is 16.8 Å². The minimum atomic E-state index is -0.362. The molecule has 0 aliphatic carbocycles. The predicted molar refractivity (Wildman–Crippen MR) is 106 cm³/mol. The van der Waals surface area contributed by atoms with Crippen molar-refractivity contribution in [3.05, 3.63) is 94.5 Å². The van der Waals surface area contributed by atoms with Crippen LogP contribution in [-0.4, -0.2) is 23.0 Å². The first-order valence-corrected chi connectivity index (χ1v) is 8.48. The Kier molecular flexibility index (Phi) is 4.34. The molecule has 0 spiro atoms. The Bertz CT molecular complexity index is 1210. The summed E-state index contributed by atoms with van der Waals surface area (Å²) in [5, 5.41) is 5.94. The quantitative estimate of drug-likeness (QED) is 0.515. The van der Waals surface area contributed by atoms with Crippen molar-refractivity contribution in [3.63, 3.8) is 0 Å². The third kappa shape index (κ3) is 3.15. The Hall–Kier alpha value is -3.60. The van der Waals surface area contributed by atoms with E-state index in [4.69, 9.17) is 0 Å². The van der Waals surface area contributed by atoms with E-state index in [2.05, 4.69) is 10.1 Å². The predicted octanol–water partition coefficient (Wildman–Crippen LogP) is 4.24. The number of hydrogen-bond acceptors (Lipinski definition) is 3. The molecule has 0 aliphatic rings. The second-order valence-electron chi connectivity index (χ2n) is 6.10. The smallest absolute Gasteiger partial charge is 0.279 e. The molecule has 0 atom stereocenters. The van der Waals surface area contributed by atoms with Gasteiger partial charge in [-0.1, -0.05) is 36.4 Å². The van der Waals surface area contributed by atoms with Crippen molar-refractivity contribution >= 4 is 17.0 Å². The summed E-state index contributed by atoms with van der Waals surface area (Å²) in [4.78, 5) is 17.0. The van der Waals surface area contributed by atoms with Gasteiger partial charge in [-0.05, 0) is 42.0 Å². The lowest BCUT2D eigenvalue weighted by molar-refractivity contribution is 0.626. The molecule has 1 heterocycles. The number of aliphatic imine (C=N–C) groups is 1. The van der Waals surface area contributed by atoms with Crippen molar-refractivity contribution in [2.45, 2.75) is 0 Å². The van der Waals surface area contributed by atoms with Crippen LogP contribution in [0.2, 0.25) is 0 Å². The normalized spacial score (nSPS) is 11.3. The molecule has 0 radical (unpaired) electrons. The van der Waals surface area contributed by atoms with Crippen molar-refractivity contribution in [3.8, 4) is 16.9 Å². The SMILES string of the molecule is CN=Cc1cccc(-c2nn(-c3ccc(F)cc3)c(=O)c3ccccc23)c1. The third-order valence-corrected chi connectivity index (χ3v) is 4.31. The lowest BCUT2D eigenvalue weighted by Gasteiger charge is -2.11. The molecule has 0 fully saturated rings. The van der Waals surface area contributed by atoms with E-state index in [1.54, 1.807) is 31.5 Å². The van der Waals surface area contributed by atoms with Crippen molar-refractivity contribution in [1.29, 1.82) is 0 Å². The van der Waals surface area contributed by atoms with Gasteiger partial charge >= 0.3 is 0 Å². The monoisotopic (exact) mass is 357 g/mol. The minimum absolute atomic E-state index is 0.243. The first-order chi connectivity index (χ1) is 13.2. The van der Waals surface area contributed by atoms with Crippen molar-refractivity contribution < 1.29 is 4.39 Å². The molecular weight excluding hydrogens is 341 g/mol. The molecule has 0 unspecified atom stereocenters. The van der Waals surface area contributed by atoms with E-state index >= 15 is 0 Å². The molecule has 4 rings (SSSR count). The summed E-state index contributed by atoms with van der Waals surface area (Å²) >= 11 is 0. The fraction of sp³-hybridized carbons (Fsp3) is 0.0455. The number of halogens is 1. The van der Waals surface area contributed by atoms with Crippen molar-refractivity contribution in [2.75, 3.05) is 7.05 Å². The number of fused-ring (bicyclic) bond motifs is 1. The molecule has 0 aliphatic heterocycles. The van der Waals surface area contributed by atoms with Crippen LogP contribution in [0.4, 0.5) is 4.39 Å². The number of nitrogens with zero attached hydrogens (tertiary/aromatic N) is 3. The summed E-state index contributed by atoms with van der Waals surface area (Å²) in [7, 11) is 1.72. The van der Waals surface area contributed by atoms with Crippen molar-refractivity contribution in [1.82, 2.24) is 9.78 Å². The Morgan fingerprint density at radius 1 is 0.963 bits per heavy atom. The van der Waals surface area contributed by atoms with E-state index in [0.717, 1.165) is 16.5 Å². The summed E-state index contributed by atoms with van der Waals surface area (Å²) < 4.78 is 14.6. The van der Waals surface area contributed by atoms with Crippen LogP contribution in [0.15, 0.2) is 82.6 Å². The van der Waals surface area contributed by atoms with Gasteiger partial charge < -0.3 is 0 Å². The zero-order valence-corrected chi connectivity index (χ0v) is 14.6. The largest absolute Gasteiger partial charge is 0.296 e. The number of hydrogen-bond donors (Lipinski definition) is 0. The van der Waals surface area contributed by atoms with E-state index in [-0.39, 0.29) is 11.4 Å². The molecule has 0 saturated heterocycles. The molecule has 27 heavy (non-hydrogen) atoms. The van der Waals surface area contributed by atoms with Crippen LogP contribution < -0.4 is 5.56 Å². The fourth-order valence-corrected chi connectivity index (χ4v) is 3.08. The molecule has 0 saturated carbocycles. The third-order valence-electron chi connectivity index (χ3n) is 4.31.